The van der Waals surface area contributed by atoms with Crippen molar-refractivity contribution < 1.29 is 9.53 Å². The van der Waals surface area contributed by atoms with Crippen molar-refractivity contribution in [2.45, 2.75) is 39.8 Å². The summed E-state index contributed by atoms with van der Waals surface area (Å²) in [4.78, 5) is 12.3. The Morgan fingerprint density at radius 2 is 1.65 bits per heavy atom. The van der Waals surface area contributed by atoms with E-state index in [1.807, 2.05) is 63.2 Å². The van der Waals surface area contributed by atoms with Crippen LogP contribution in [0.2, 0.25) is 5.02 Å². The minimum absolute atomic E-state index is 0.0663. The number of rotatable bonds is 5. The molecule has 1 amide bonds. The molecule has 2 rings (SSSR count). The maximum absolute atomic E-state index is 12.3. The van der Waals surface area contributed by atoms with Gasteiger partial charge in [0.2, 0.25) is 0 Å². The molecule has 0 heterocycles. The minimum atomic E-state index is -0.582. The van der Waals surface area contributed by atoms with Crippen LogP contribution in [0.4, 0.5) is 0 Å². The first-order valence-electron chi connectivity index (χ1n) is 7.67. The van der Waals surface area contributed by atoms with Crippen molar-refractivity contribution in [2.24, 2.45) is 0 Å². The number of carbonyl (C=O) groups is 1. The first-order chi connectivity index (χ1) is 10.9. The third-order valence-electron chi connectivity index (χ3n) is 3.75. The van der Waals surface area contributed by atoms with E-state index in [9.17, 15) is 4.79 Å². The Balaban J connectivity index is 2.00. The van der Waals surface area contributed by atoms with Gasteiger partial charge < -0.3 is 10.1 Å². The number of nitrogens with one attached hydrogen (secondary N) is 1. The first-order valence-corrected chi connectivity index (χ1v) is 8.05. The molecule has 2 aromatic rings. The summed E-state index contributed by atoms with van der Waals surface area (Å²) in [5.74, 6) is 0.506. The lowest BCUT2D eigenvalue weighted by Gasteiger charge is -2.19. The van der Waals surface area contributed by atoms with Crippen LogP contribution in [-0.4, -0.2) is 12.0 Å². The molecule has 0 aliphatic heterocycles. The summed E-state index contributed by atoms with van der Waals surface area (Å²) >= 11 is 6.15. The van der Waals surface area contributed by atoms with E-state index in [-0.39, 0.29) is 11.9 Å². The van der Waals surface area contributed by atoms with Gasteiger partial charge in [-0.25, -0.2) is 0 Å². The molecule has 4 heteroatoms. The molecule has 0 spiro atoms. The van der Waals surface area contributed by atoms with Gasteiger partial charge in [-0.3, -0.25) is 4.79 Å². The van der Waals surface area contributed by atoms with Gasteiger partial charge in [-0.15, -0.1) is 0 Å². The quantitative estimate of drug-likeness (QED) is 0.869. The number of hydrogen-bond donors (Lipinski definition) is 1. The number of hydrogen-bond acceptors (Lipinski definition) is 2. The fourth-order valence-corrected chi connectivity index (χ4v) is 2.50. The molecule has 0 fully saturated rings. The van der Waals surface area contributed by atoms with Crippen molar-refractivity contribution >= 4 is 17.5 Å². The number of amides is 1. The Hall–Kier alpha value is -2.00. The molecule has 23 heavy (non-hydrogen) atoms. The van der Waals surface area contributed by atoms with Gasteiger partial charge >= 0.3 is 0 Å². The number of halogens is 1. The number of aryl methyl sites for hydroxylation is 2. The SMILES string of the molecule is Cc1cc(O[C@H](C)C(=O)N[C@H](C)c2ccccc2)cc(C)c1Cl. The zero-order chi connectivity index (χ0) is 17.0. The summed E-state index contributed by atoms with van der Waals surface area (Å²) in [7, 11) is 0. The summed E-state index contributed by atoms with van der Waals surface area (Å²) in [6.07, 6.45) is -0.582. The molecule has 1 N–H and O–H groups in total. The second-order valence-corrected chi connectivity index (χ2v) is 6.15. The van der Waals surface area contributed by atoms with E-state index in [2.05, 4.69) is 5.32 Å². The molecule has 0 bridgehead atoms. The molecular formula is C19H22ClNO2. The largest absolute Gasteiger partial charge is 0.481 e. The summed E-state index contributed by atoms with van der Waals surface area (Å²) in [6.45, 7) is 7.54. The zero-order valence-electron chi connectivity index (χ0n) is 13.9. The average molecular weight is 332 g/mol. The van der Waals surface area contributed by atoms with Crippen LogP contribution in [0.15, 0.2) is 42.5 Å². The van der Waals surface area contributed by atoms with E-state index >= 15 is 0 Å². The van der Waals surface area contributed by atoms with Gasteiger partial charge in [0.15, 0.2) is 6.10 Å². The van der Waals surface area contributed by atoms with E-state index in [0.717, 1.165) is 21.7 Å². The number of carbonyl (C=O) groups excluding carboxylic acids is 1. The minimum Gasteiger partial charge on any atom is -0.481 e. The van der Waals surface area contributed by atoms with Crippen LogP contribution in [0.1, 0.15) is 36.6 Å². The van der Waals surface area contributed by atoms with Gasteiger partial charge in [0, 0.05) is 5.02 Å². The maximum Gasteiger partial charge on any atom is 0.261 e. The predicted molar refractivity (Wildman–Crippen MR) is 94.0 cm³/mol. The number of benzene rings is 2. The van der Waals surface area contributed by atoms with Crippen LogP contribution in [-0.2, 0) is 4.79 Å². The summed E-state index contributed by atoms with van der Waals surface area (Å²) in [6, 6.07) is 13.5. The summed E-state index contributed by atoms with van der Waals surface area (Å²) < 4.78 is 5.76. The zero-order valence-corrected chi connectivity index (χ0v) is 14.6. The van der Waals surface area contributed by atoms with Gasteiger partial charge in [-0.05, 0) is 56.5 Å². The monoisotopic (exact) mass is 331 g/mol. The molecular weight excluding hydrogens is 310 g/mol. The standard InChI is InChI=1S/C19H22ClNO2/c1-12-10-17(11-13(2)18(12)20)23-15(4)19(22)21-14(3)16-8-6-5-7-9-16/h5-11,14-15H,1-4H3,(H,21,22)/t14-,15-/m1/s1. The Morgan fingerprint density at radius 1 is 1.09 bits per heavy atom. The second kappa shape index (κ2) is 7.51. The number of ether oxygens (including phenoxy) is 1. The summed E-state index contributed by atoms with van der Waals surface area (Å²) in [5.41, 5.74) is 2.94. The van der Waals surface area contributed by atoms with E-state index in [0.29, 0.717) is 5.75 Å². The van der Waals surface area contributed by atoms with E-state index in [1.54, 1.807) is 6.92 Å². The smallest absolute Gasteiger partial charge is 0.261 e. The fourth-order valence-electron chi connectivity index (χ4n) is 2.39. The van der Waals surface area contributed by atoms with Crippen molar-refractivity contribution in [3.8, 4) is 5.75 Å². The highest BCUT2D eigenvalue weighted by molar-refractivity contribution is 6.32. The lowest BCUT2D eigenvalue weighted by atomic mass is 10.1. The maximum atomic E-state index is 12.3. The highest BCUT2D eigenvalue weighted by atomic mass is 35.5. The van der Waals surface area contributed by atoms with Gasteiger partial charge in [-0.2, -0.15) is 0 Å². The van der Waals surface area contributed by atoms with Crippen molar-refractivity contribution in [1.82, 2.24) is 5.32 Å². The molecule has 2 aromatic carbocycles. The molecule has 0 aliphatic rings. The third kappa shape index (κ3) is 4.49. The molecule has 0 radical (unpaired) electrons. The molecule has 0 aromatic heterocycles. The molecule has 0 saturated carbocycles. The van der Waals surface area contributed by atoms with Crippen molar-refractivity contribution in [2.75, 3.05) is 0 Å². The van der Waals surface area contributed by atoms with Crippen LogP contribution in [0.25, 0.3) is 0 Å². The molecule has 0 unspecified atom stereocenters. The van der Waals surface area contributed by atoms with Crippen LogP contribution in [0.3, 0.4) is 0 Å². The normalized spacial score (nSPS) is 13.3. The topological polar surface area (TPSA) is 38.3 Å². The Morgan fingerprint density at radius 3 is 2.22 bits per heavy atom. The third-order valence-corrected chi connectivity index (χ3v) is 4.35. The molecule has 0 aliphatic carbocycles. The van der Waals surface area contributed by atoms with Crippen molar-refractivity contribution in [3.05, 3.63) is 64.2 Å². The first kappa shape index (κ1) is 17.4. The molecule has 3 nitrogen and oxygen atoms in total. The highest BCUT2D eigenvalue weighted by Gasteiger charge is 2.18. The molecule has 122 valence electrons. The second-order valence-electron chi connectivity index (χ2n) is 5.77. The van der Waals surface area contributed by atoms with Crippen LogP contribution in [0, 0.1) is 13.8 Å². The Bertz CT molecular complexity index is 662. The highest BCUT2D eigenvalue weighted by Crippen LogP contribution is 2.26. The van der Waals surface area contributed by atoms with Crippen molar-refractivity contribution in [3.63, 3.8) is 0 Å². The van der Waals surface area contributed by atoms with Gasteiger partial charge in [-0.1, -0.05) is 41.9 Å². The van der Waals surface area contributed by atoms with E-state index < -0.39 is 6.10 Å². The molecule has 0 saturated heterocycles. The Labute approximate surface area is 142 Å². The fraction of sp³-hybridized carbons (Fsp3) is 0.316. The lowest BCUT2D eigenvalue weighted by molar-refractivity contribution is -0.127. The average Bonchev–Trinajstić information content (AvgIpc) is 2.53. The van der Waals surface area contributed by atoms with Crippen LogP contribution < -0.4 is 10.1 Å². The van der Waals surface area contributed by atoms with Gasteiger partial charge in [0.1, 0.15) is 5.75 Å². The van der Waals surface area contributed by atoms with Gasteiger partial charge in [0.05, 0.1) is 6.04 Å². The predicted octanol–water partition coefficient (Wildman–Crippen LogP) is 4.60. The lowest BCUT2D eigenvalue weighted by Crippen LogP contribution is -2.37. The van der Waals surface area contributed by atoms with E-state index in [4.69, 9.17) is 16.3 Å². The van der Waals surface area contributed by atoms with E-state index in [1.165, 1.54) is 0 Å². The van der Waals surface area contributed by atoms with Crippen molar-refractivity contribution in [1.29, 1.82) is 0 Å². The molecule has 2 atom stereocenters. The van der Waals surface area contributed by atoms with Gasteiger partial charge in [0.25, 0.3) is 5.91 Å². The Kier molecular flexibility index (Phi) is 5.67. The summed E-state index contributed by atoms with van der Waals surface area (Å²) in [5, 5.41) is 3.70. The van der Waals surface area contributed by atoms with Crippen LogP contribution >= 0.6 is 11.6 Å². The van der Waals surface area contributed by atoms with Crippen LogP contribution in [0.5, 0.6) is 5.75 Å².